The molecule has 2 aromatic rings. The van der Waals surface area contributed by atoms with E-state index in [4.69, 9.17) is 4.74 Å². The third kappa shape index (κ3) is 3.64. The summed E-state index contributed by atoms with van der Waals surface area (Å²) < 4.78 is 5.10. The average molecular weight is 289 g/mol. The molecule has 0 fully saturated rings. The van der Waals surface area contributed by atoms with Crippen LogP contribution < -0.4 is 10.1 Å². The number of ether oxygens (including phenoxy) is 1. The van der Waals surface area contributed by atoms with Gasteiger partial charge in [-0.3, -0.25) is 10.1 Å². The number of rotatable bonds is 4. The van der Waals surface area contributed by atoms with Crippen LogP contribution in [0.2, 0.25) is 0 Å². The van der Waals surface area contributed by atoms with Crippen LogP contribution >= 0.6 is 11.3 Å². The molecule has 1 aromatic heterocycles. The van der Waals surface area contributed by atoms with Crippen LogP contribution in [0.5, 0.6) is 5.75 Å². The topological polar surface area (TPSA) is 64.1 Å². The minimum Gasteiger partial charge on any atom is -0.497 e. The standard InChI is InChI=1S/C14H15N3O2S/c1-9(2)8-12(18)15-14-17-16-13(20-14)10-4-6-11(19-3)7-5-10/h4-8H,1-3H3,(H,15,17,18). The lowest BCUT2D eigenvalue weighted by Gasteiger charge is -1.99. The molecular weight excluding hydrogens is 274 g/mol. The number of hydrogen-bond acceptors (Lipinski definition) is 5. The molecule has 0 aliphatic rings. The molecule has 0 bridgehead atoms. The second-order valence-electron chi connectivity index (χ2n) is 4.35. The first kappa shape index (κ1) is 14.2. The second kappa shape index (κ2) is 6.29. The summed E-state index contributed by atoms with van der Waals surface area (Å²) in [6, 6.07) is 7.53. The van der Waals surface area contributed by atoms with E-state index in [1.54, 1.807) is 7.11 Å². The molecule has 104 valence electrons. The van der Waals surface area contributed by atoms with Crippen molar-refractivity contribution in [3.05, 3.63) is 35.9 Å². The summed E-state index contributed by atoms with van der Waals surface area (Å²) >= 11 is 1.33. The largest absolute Gasteiger partial charge is 0.497 e. The number of hydrogen-bond donors (Lipinski definition) is 1. The third-order valence-electron chi connectivity index (χ3n) is 2.41. The van der Waals surface area contributed by atoms with Crippen molar-refractivity contribution in [2.75, 3.05) is 12.4 Å². The van der Waals surface area contributed by atoms with Crippen LogP contribution in [0.15, 0.2) is 35.9 Å². The van der Waals surface area contributed by atoms with E-state index < -0.39 is 0 Å². The molecule has 0 saturated heterocycles. The number of aromatic nitrogens is 2. The summed E-state index contributed by atoms with van der Waals surface area (Å²) in [6.07, 6.45) is 1.52. The Morgan fingerprint density at radius 1 is 1.25 bits per heavy atom. The third-order valence-corrected chi connectivity index (χ3v) is 3.30. The number of allylic oxidation sites excluding steroid dienone is 1. The van der Waals surface area contributed by atoms with E-state index in [0.717, 1.165) is 21.9 Å². The van der Waals surface area contributed by atoms with Gasteiger partial charge in [-0.05, 0) is 38.1 Å². The molecule has 6 heteroatoms. The van der Waals surface area contributed by atoms with E-state index in [0.29, 0.717) is 5.13 Å². The number of benzene rings is 1. The molecule has 5 nitrogen and oxygen atoms in total. The SMILES string of the molecule is COc1ccc(-c2nnc(NC(=O)C=C(C)C)s2)cc1. The molecular formula is C14H15N3O2S. The van der Waals surface area contributed by atoms with Crippen molar-refractivity contribution in [1.82, 2.24) is 10.2 Å². The lowest BCUT2D eigenvalue weighted by atomic mass is 10.2. The molecule has 0 saturated carbocycles. The molecule has 2 rings (SSSR count). The molecule has 0 radical (unpaired) electrons. The van der Waals surface area contributed by atoms with Crippen LogP contribution in [-0.2, 0) is 4.79 Å². The Bertz CT molecular complexity index is 628. The van der Waals surface area contributed by atoms with E-state index >= 15 is 0 Å². The first-order valence-electron chi connectivity index (χ1n) is 6.02. The number of amides is 1. The molecule has 0 aliphatic carbocycles. The van der Waals surface area contributed by atoms with Crippen LogP contribution in [0.1, 0.15) is 13.8 Å². The number of carbonyl (C=O) groups excluding carboxylic acids is 1. The summed E-state index contributed by atoms with van der Waals surface area (Å²) in [6.45, 7) is 3.73. The van der Waals surface area contributed by atoms with Gasteiger partial charge in [-0.15, -0.1) is 10.2 Å². The van der Waals surface area contributed by atoms with Gasteiger partial charge in [-0.2, -0.15) is 0 Å². The van der Waals surface area contributed by atoms with Crippen molar-refractivity contribution in [2.45, 2.75) is 13.8 Å². The molecule has 1 aromatic carbocycles. The molecule has 1 N–H and O–H groups in total. The lowest BCUT2D eigenvalue weighted by Crippen LogP contribution is -2.07. The molecule has 1 amide bonds. The van der Waals surface area contributed by atoms with Crippen molar-refractivity contribution in [2.24, 2.45) is 0 Å². The van der Waals surface area contributed by atoms with Crippen molar-refractivity contribution < 1.29 is 9.53 Å². The Morgan fingerprint density at radius 3 is 2.55 bits per heavy atom. The van der Waals surface area contributed by atoms with E-state index in [9.17, 15) is 4.79 Å². The molecule has 0 aliphatic heterocycles. The fourth-order valence-electron chi connectivity index (χ4n) is 1.53. The zero-order valence-electron chi connectivity index (χ0n) is 11.5. The van der Waals surface area contributed by atoms with Gasteiger partial charge >= 0.3 is 0 Å². The predicted octanol–water partition coefficient (Wildman–Crippen LogP) is 3.12. The molecule has 0 unspecified atom stereocenters. The quantitative estimate of drug-likeness (QED) is 0.878. The van der Waals surface area contributed by atoms with Crippen molar-refractivity contribution >= 4 is 22.4 Å². The maximum atomic E-state index is 11.6. The van der Waals surface area contributed by atoms with Gasteiger partial charge < -0.3 is 4.74 Å². The number of nitrogens with zero attached hydrogens (tertiary/aromatic N) is 2. The highest BCUT2D eigenvalue weighted by molar-refractivity contribution is 7.18. The summed E-state index contributed by atoms with van der Waals surface area (Å²) in [5.41, 5.74) is 1.87. The Hall–Kier alpha value is -2.21. The minimum absolute atomic E-state index is 0.192. The molecule has 0 spiro atoms. The van der Waals surface area contributed by atoms with Gasteiger partial charge in [-0.1, -0.05) is 16.9 Å². The first-order valence-corrected chi connectivity index (χ1v) is 6.84. The zero-order chi connectivity index (χ0) is 14.5. The molecule has 0 atom stereocenters. The van der Waals surface area contributed by atoms with Gasteiger partial charge in [0.05, 0.1) is 7.11 Å². The van der Waals surface area contributed by atoms with Crippen LogP contribution in [0.25, 0.3) is 10.6 Å². The fourth-order valence-corrected chi connectivity index (χ4v) is 2.28. The minimum atomic E-state index is -0.192. The van der Waals surface area contributed by atoms with Gasteiger partial charge in [0.2, 0.25) is 11.0 Å². The number of carbonyl (C=O) groups is 1. The maximum absolute atomic E-state index is 11.6. The van der Waals surface area contributed by atoms with Crippen LogP contribution in [-0.4, -0.2) is 23.2 Å². The van der Waals surface area contributed by atoms with Crippen molar-refractivity contribution in [1.29, 1.82) is 0 Å². The van der Waals surface area contributed by atoms with Gasteiger partial charge in [0.1, 0.15) is 10.8 Å². The highest BCUT2D eigenvalue weighted by atomic mass is 32.1. The number of nitrogens with one attached hydrogen (secondary N) is 1. The normalized spacial score (nSPS) is 9.95. The Balaban J connectivity index is 2.12. The van der Waals surface area contributed by atoms with Crippen molar-refractivity contribution in [3.63, 3.8) is 0 Å². The monoisotopic (exact) mass is 289 g/mol. The van der Waals surface area contributed by atoms with Gasteiger partial charge in [0.25, 0.3) is 0 Å². The first-order chi connectivity index (χ1) is 9.58. The maximum Gasteiger partial charge on any atom is 0.250 e. The Kier molecular flexibility index (Phi) is 4.47. The van der Waals surface area contributed by atoms with Gasteiger partial charge in [0, 0.05) is 11.6 Å². The van der Waals surface area contributed by atoms with E-state index in [2.05, 4.69) is 15.5 Å². The highest BCUT2D eigenvalue weighted by Crippen LogP contribution is 2.27. The average Bonchev–Trinajstić information content (AvgIpc) is 2.86. The fraction of sp³-hybridized carbons (Fsp3) is 0.214. The second-order valence-corrected chi connectivity index (χ2v) is 5.33. The van der Waals surface area contributed by atoms with E-state index in [-0.39, 0.29) is 5.91 Å². The number of anilines is 1. The van der Waals surface area contributed by atoms with Crippen molar-refractivity contribution in [3.8, 4) is 16.3 Å². The van der Waals surface area contributed by atoms with Gasteiger partial charge in [-0.25, -0.2) is 0 Å². The molecule has 1 heterocycles. The predicted molar refractivity (Wildman–Crippen MR) is 80.0 cm³/mol. The summed E-state index contributed by atoms with van der Waals surface area (Å²) in [4.78, 5) is 11.6. The van der Waals surface area contributed by atoms with Gasteiger partial charge in [0.15, 0.2) is 0 Å². The van der Waals surface area contributed by atoms with E-state index in [1.165, 1.54) is 17.4 Å². The molecule has 20 heavy (non-hydrogen) atoms. The Morgan fingerprint density at radius 2 is 1.95 bits per heavy atom. The van der Waals surface area contributed by atoms with Crippen LogP contribution in [0.4, 0.5) is 5.13 Å². The van der Waals surface area contributed by atoms with E-state index in [1.807, 2.05) is 38.1 Å². The Labute approximate surface area is 121 Å². The highest BCUT2D eigenvalue weighted by Gasteiger charge is 2.08. The smallest absolute Gasteiger partial charge is 0.250 e. The summed E-state index contributed by atoms with van der Waals surface area (Å²) in [7, 11) is 1.62. The zero-order valence-corrected chi connectivity index (χ0v) is 12.3. The summed E-state index contributed by atoms with van der Waals surface area (Å²) in [5, 5.41) is 12.0. The lowest BCUT2D eigenvalue weighted by molar-refractivity contribution is -0.111. The summed E-state index contributed by atoms with van der Waals surface area (Å²) in [5.74, 6) is 0.595. The van der Waals surface area contributed by atoms with Crippen LogP contribution in [0.3, 0.4) is 0 Å². The number of methoxy groups -OCH3 is 1. The van der Waals surface area contributed by atoms with Crippen LogP contribution in [0, 0.1) is 0 Å².